The zero-order chi connectivity index (χ0) is 38.5. The second kappa shape index (κ2) is 13.7. The molecule has 7 heteroatoms. The Morgan fingerprint density at radius 1 is 0.527 bits per heavy atom. The number of nitrogens with one attached hydrogen (secondary N) is 2. The van der Waals surface area contributed by atoms with Gasteiger partial charge in [0.25, 0.3) is 0 Å². The summed E-state index contributed by atoms with van der Waals surface area (Å²) in [4.78, 5) is 3.57. The highest BCUT2D eigenvalue weighted by Gasteiger charge is 2.19. The maximum Gasteiger partial charge on any atom is 0.373 e. The van der Waals surface area contributed by atoms with Gasteiger partial charge in [0.2, 0.25) is 17.7 Å². The SMILES string of the molecule is CC(C)(C)c1ccc(C(=[NH2+])OC(=N)c2ccc(-c3ccc4[nH]c5ccc(-c6ccc(-c7nnc(-c8ccc(C(C)(C)C)cc8)o7)cc6)cc5c4c3)cc2)cc1. The average Bonchev–Trinajstić information content (AvgIpc) is 3.83. The first-order valence-electron chi connectivity index (χ1n) is 18.5. The number of fused-ring (bicyclic) bond motifs is 3. The van der Waals surface area contributed by atoms with Crippen LogP contribution in [0.5, 0.6) is 0 Å². The molecule has 272 valence electrons. The van der Waals surface area contributed by atoms with Gasteiger partial charge in [0.1, 0.15) is 0 Å². The first kappa shape index (κ1) is 35.4. The quantitative estimate of drug-likeness (QED) is 0.117. The summed E-state index contributed by atoms with van der Waals surface area (Å²) in [5.41, 5.74) is 12.2. The minimum Gasteiger partial charge on any atom is -0.416 e. The lowest BCUT2D eigenvalue weighted by atomic mass is 9.87. The molecule has 7 nitrogen and oxygen atoms in total. The second-order valence-corrected chi connectivity index (χ2v) is 16.2. The van der Waals surface area contributed by atoms with Crippen molar-refractivity contribution in [1.82, 2.24) is 15.2 Å². The molecule has 4 N–H and O–H groups in total. The number of nitrogens with two attached hydrogens (primary N) is 1. The van der Waals surface area contributed by atoms with Crippen LogP contribution in [0.15, 0.2) is 138 Å². The Bertz CT molecular complexity index is 2690. The summed E-state index contributed by atoms with van der Waals surface area (Å²) in [6.45, 7) is 13.1. The fraction of sp³-hybridized carbons (Fsp3) is 0.167. The number of benzene rings is 6. The number of ether oxygens (including phenoxy) is 1. The van der Waals surface area contributed by atoms with Crippen LogP contribution in [0.4, 0.5) is 0 Å². The number of rotatable bonds is 6. The summed E-state index contributed by atoms with van der Waals surface area (Å²) < 4.78 is 11.8. The molecular weight excluding hydrogens is 679 g/mol. The molecule has 0 unspecified atom stereocenters. The molecule has 6 aromatic carbocycles. The van der Waals surface area contributed by atoms with Gasteiger partial charge >= 0.3 is 5.90 Å². The summed E-state index contributed by atoms with van der Waals surface area (Å²) >= 11 is 0. The number of hydrogen-bond donors (Lipinski definition) is 3. The molecule has 0 radical (unpaired) electrons. The molecule has 2 aromatic heterocycles. The lowest BCUT2D eigenvalue weighted by molar-refractivity contribution is -0.130. The maximum absolute atomic E-state index is 8.57. The molecule has 0 aliphatic rings. The molecule has 0 amide bonds. The van der Waals surface area contributed by atoms with E-state index >= 15 is 0 Å². The van der Waals surface area contributed by atoms with Gasteiger partial charge in [-0.15, -0.1) is 10.2 Å². The van der Waals surface area contributed by atoms with Crippen LogP contribution in [0.1, 0.15) is 63.8 Å². The Hall–Kier alpha value is -6.60. The molecule has 0 fully saturated rings. The van der Waals surface area contributed by atoms with E-state index in [4.69, 9.17) is 20.0 Å². The minimum absolute atomic E-state index is 0.000310. The molecule has 0 bridgehead atoms. The monoisotopic (exact) mass is 722 g/mol. The van der Waals surface area contributed by atoms with E-state index in [1.54, 1.807) is 0 Å². The molecule has 55 heavy (non-hydrogen) atoms. The standard InChI is InChI=1S/C48H43N5O2/c1-47(2,3)37-21-15-32(16-22-37)44(50)54-43(49)31-11-7-29(8-12-31)35-19-25-41-39(27-35)40-28-36(20-26-42(40)51-41)30-9-13-33(14-10-30)45-52-53-46(55-45)34-17-23-38(24-18-34)48(4,5)6/h7-28,49-51H,1-6H3/p+1. The maximum atomic E-state index is 8.57. The van der Waals surface area contributed by atoms with Crippen LogP contribution in [0.2, 0.25) is 0 Å². The van der Waals surface area contributed by atoms with Crippen molar-refractivity contribution in [1.29, 1.82) is 5.41 Å². The van der Waals surface area contributed by atoms with Crippen molar-refractivity contribution < 1.29 is 14.6 Å². The topological polar surface area (TPSA) is 113 Å². The van der Waals surface area contributed by atoms with E-state index in [-0.39, 0.29) is 22.6 Å². The van der Waals surface area contributed by atoms with E-state index < -0.39 is 0 Å². The lowest BCUT2D eigenvalue weighted by Gasteiger charge is -2.18. The number of aromatic amines is 1. The number of hydrogen-bond acceptors (Lipinski definition) is 5. The van der Waals surface area contributed by atoms with E-state index in [1.165, 1.54) is 11.1 Å². The summed E-state index contributed by atoms with van der Waals surface area (Å²) in [7, 11) is 0. The average molecular weight is 723 g/mol. The van der Waals surface area contributed by atoms with Crippen molar-refractivity contribution in [3.63, 3.8) is 0 Å². The first-order valence-corrected chi connectivity index (χ1v) is 18.5. The largest absolute Gasteiger partial charge is 0.416 e. The zero-order valence-electron chi connectivity index (χ0n) is 32.0. The van der Waals surface area contributed by atoms with Crippen molar-refractivity contribution in [3.8, 4) is 45.2 Å². The molecule has 2 heterocycles. The highest BCUT2D eigenvalue weighted by atomic mass is 16.5. The van der Waals surface area contributed by atoms with Gasteiger partial charge in [0.05, 0.1) is 5.56 Å². The van der Waals surface area contributed by atoms with Crippen molar-refractivity contribution in [2.24, 2.45) is 0 Å². The highest BCUT2D eigenvalue weighted by Crippen LogP contribution is 2.34. The van der Waals surface area contributed by atoms with Crippen molar-refractivity contribution in [2.45, 2.75) is 52.4 Å². The number of H-pyrrole nitrogens is 1. The van der Waals surface area contributed by atoms with Gasteiger partial charge in [-0.1, -0.05) is 102 Å². The third-order valence-corrected chi connectivity index (χ3v) is 10.2. The molecule has 0 saturated carbocycles. The predicted octanol–water partition coefficient (Wildman–Crippen LogP) is 10.5. The van der Waals surface area contributed by atoms with Gasteiger partial charge in [0.15, 0.2) is 0 Å². The molecule has 0 saturated heterocycles. The van der Waals surface area contributed by atoms with Crippen LogP contribution >= 0.6 is 0 Å². The Labute approximate surface area is 321 Å². The molecular formula is C48H44N5O2+. The fourth-order valence-electron chi connectivity index (χ4n) is 6.81. The molecule has 0 spiro atoms. The Kier molecular flexibility index (Phi) is 8.81. The van der Waals surface area contributed by atoms with E-state index in [0.29, 0.717) is 17.3 Å². The molecule has 8 aromatic rings. The summed E-state index contributed by atoms with van der Waals surface area (Å²) in [5.74, 6) is 1.20. The molecule has 0 aliphatic heterocycles. The van der Waals surface area contributed by atoms with Gasteiger partial charge in [-0.2, -0.15) is 0 Å². The Balaban J connectivity index is 0.983. The van der Waals surface area contributed by atoms with Gasteiger partial charge in [-0.3, -0.25) is 5.41 Å². The van der Waals surface area contributed by atoms with Crippen LogP contribution in [0, 0.1) is 5.41 Å². The van der Waals surface area contributed by atoms with Crippen LogP contribution in [0.3, 0.4) is 0 Å². The summed E-state index contributed by atoms with van der Waals surface area (Å²) in [6, 6.07) is 45.3. The van der Waals surface area contributed by atoms with Gasteiger partial charge in [-0.05, 0) is 117 Å². The Morgan fingerprint density at radius 3 is 1.38 bits per heavy atom. The van der Waals surface area contributed by atoms with E-state index in [2.05, 4.69) is 117 Å². The number of aromatic nitrogens is 3. The Morgan fingerprint density at radius 2 is 0.909 bits per heavy atom. The molecule has 0 aliphatic carbocycles. The summed E-state index contributed by atoms with van der Waals surface area (Å²) in [6.07, 6.45) is 0. The second-order valence-electron chi connectivity index (χ2n) is 16.2. The normalized spacial score (nSPS) is 12.0. The van der Waals surface area contributed by atoms with Crippen LogP contribution in [-0.2, 0) is 15.6 Å². The third kappa shape index (κ3) is 7.21. The molecule has 0 atom stereocenters. The lowest BCUT2D eigenvalue weighted by Crippen LogP contribution is -2.43. The van der Waals surface area contributed by atoms with Gasteiger partial charge in [0, 0.05) is 38.5 Å². The smallest absolute Gasteiger partial charge is 0.373 e. The van der Waals surface area contributed by atoms with E-state index in [9.17, 15) is 0 Å². The van der Waals surface area contributed by atoms with Crippen molar-refractivity contribution in [2.75, 3.05) is 0 Å². The first-order chi connectivity index (χ1) is 26.3. The minimum atomic E-state index is 0.000310. The molecule has 8 rings (SSSR count). The third-order valence-electron chi connectivity index (χ3n) is 10.2. The van der Waals surface area contributed by atoms with E-state index in [0.717, 1.165) is 60.8 Å². The fourth-order valence-corrected chi connectivity index (χ4v) is 6.81. The number of nitrogens with zero attached hydrogens (tertiary/aromatic N) is 2. The van der Waals surface area contributed by atoms with Gasteiger partial charge < -0.3 is 14.1 Å². The van der Waals surface area contributed by atoms with Crippen molar-refractivity contribution in [3.05, 3.63) is 156 Å². The highest BCUT2D eigenvalue weighted by molar-refractivity contribution is 6.10. The summed E-state index contributed by atoms with van der Waals surface area (Å²) in [5, 5.41) is 25.8. The van der Waals surface area contributed by atoms with Crippen LogP contribution < -0.4 is 5.41 Å². The predicted molar refractivity (Wildman–Crippen MR) is 223 cm³/mol. The van der Waals surface area contributed by atoms with Crippen molar-refractivity contribution >= 4 is 33.6 Å². The van der Waals surface area contributed by atoms with Crippen LogP contribution in [-0.4, -0.2) is 27.0 Å². The van der Waals surface area contributed by atoms with E-state index in [1.807, 2.05) is 72.8 Å². The van der Waals surface area contributed by atoms with Crippen LogP contribution in [0.25, 0.3) is 67.0 Å². The van der Waals surface area contributed by atoms with Gasteiger partial charge in [-0.25, -0.2) is 5.41 Å². The zero-order valence-corrected chi connectivity index (χ0v) is 32.0.